The number of pyridine rings is 1. The molecule has 0 saturated carbocycles. The molecule has 1 N–H and O–H groups in total. The van der Waals surface area contributed by atoms with Gasteiger partial charge in [0.15, 0.2) is 5.13 Å². The number of fused-ring (bicyclic) bond motifs is 1. The molecule has 0 radical (unpaired) electrons. The summed E-state index contributed by atoms with van der Waals surface area (Å²) in [5.74, 6) is -0.0894. The van der Waals surface area contributed by atoms with Gasteiger partial charge in [-0.1, -0.05) is 24.3 Å². The molecule has 122 valence electrons. The van der Waals surface area contributed by atoms with E-state index in [1.54, 1.807) is 17.4 Å². The predicted octanol–water partition coefficient (Wildman–Crippen LogP) is 3.09. The van der Waals surface area contributed by atoms with Crippen LogP contribution in [0.25, 0.3) is 10.9 Å². The van der Waals surface area contributed by atoms with Gasteiger partial charge in [-0.3, -0.25) is 4.79 Å². The average Bonchev–Trinajstić information content (AvgIpc) is 3.16. The average molecular weight is 338 g/mol. The fraction of sp³-hybridized carbons (Fsp3) is 0.278. The Labute approximate surface area is 144 Å². The van der Waals surface area contributed by atoms with Crippen LogP contribution in [-0.4, -0.2) is 35.0 Å². The third-order valence-corrected chi connectivity index (χ3v) is 5.18. The second-order valence-corrected chi connectivity index (χ2v) is 6.81. The second kappa shape index (κ2) is 6.57. The van der Waals surface area contributed by atoms with Gasteiger partial charge < -0.3 is 10.2 Å². The molecule has 5 nitrogen and oxygen atoms in total. The number of nitrogens with zero attached hydrogens (tertiary/aromatic N) is 3. The first-order chi connectivity index (χ1) is 11.8. The first kappa shape index (κ1) is 15.1. The van der Waals surface area contributed by atoms with Crippen molar-refractivity contribution in [2.24, 2.45) is 0 Å². The zero-order valence-corrected chi connectivity index (χ0v) is 14.0. The highest BCUT2D eigenvalue weighted by Crippen LogP contribution is 2.22. The molecule has 4 rings (SSSR count). The van der Waals surface area contributed by atoms with Crippen LogP contribution in [-0.2, 0) is 0 Å². The van der Waals surface area contributed by atoms with E-state index >= 15 is 0 Å². The molecule has 3 aromatic rings. The number of benzene rings is 1. The molecule has 0 unspecified atom stereocenters. The molecule has 1 saturated heterocycles. The number of amides is 1. The van der Waals surface area contributed by atoms with Crippen molar-refractivity contribution < 1.29 is 4.79 Å². The second-order valence-electron chi connectivity index (χ2n) is 5.94. The molecule has 1 aromatic carbocycles. The third-order valence-electron chi connectivity index (χ3n) is 4.35. The maximum absolute atomic E-state index is 12.5. The highest BCUT2D eigenvalue weighted by molar-refractivity contribution is 7.13. The molecule has 1 amide bonds. The van der Waals surface area contributed by atoms with Crippen LogP contribution in [0.2, 0.25) is 0 Å². The van der Waals surface area contributed by atoms with E-state index in [-0.39, 0.29) is 11.9 Å². The van der Waals surface area contributed by atoms with Gasteiger partial charge >= 0.3 is 0 Å². The van der Waals surface area contributed by atoms with E-state index in [1.165, 1.54) is 0 Å². The largest absolute Gasteiger partial charge is 0.348 e. The lowest BCUT2D eigenvalue weighted by atomic mass is 10.1. The van der Waals surface area contributed by atoms with Crippen molar-refractivity contribution in [1.82, 2.24) is 15.3 Å². The normalized spacial score (nSPS) is 15.6. The highest BCUT2D eigenvalue weighted by Gasteiger charge is 2.22. The first-order valence-electron chi connectivity index (χ1n) is 8.11. The SMILES string of the molecule is O=C(NC1CCN(c2nccs2)CC1)c1ccc2ccccc2n1. The smallest absolute Gasteiger partial charge is 0.270 e. The van der Waals surface area contributed by atoms with Crippen LogP contribution in [0.15, 0.2) is 48.0 Å². The zero-order valence-electron chi connectivity index (χ0n) is 13.2. The van der Waals surface area contributed by atoms with Crippen LogP contribution in [0.4, 0.5) is 5.13 Å². The Hall–Kier alpha value is -2.47. The van der Waals surface area contributed by atoms with E-state index in [2.05, 4.69) is 20.2 Å². The minimum atomic E-state index is -0.0894. The maximum atomic E-state index is 12.5. The summed E-state index contributed by atoms with van der Waals surface area (Å²) in [5.41, 5.74) is 1.33. The number of anilines is 1. The lowest BCUT2D eigenvalue weighted by molar-refractivity contribution is 0.0926. The van der Waals surface area contributed by atoms with Gasteiger partial charge in [-0.25, -0.2) is 9.97 Å². The van der Waals surface area contributed by atoms with Crippen molar-refractivity contribution in [3.8, 4) is 0 Å². The van der Waals surface area contributed by atoms with Crippen LogP contribution in [0.1, 0.15) is 23.3 Å². The molecule has 3 heterocycles. The van der Waals surface area contributed by atoms with Gasteiger partial charge in [0, 0.05) is 36.1 Å². The molecule has 2 aromatic heterocycles. The van der Waals surface area contributed by atoms with Crippen LogP contribution < -0.4 is 10.2 Å². The molecule has 0 spiro atoms. The minimum absolute atomic E-state index is 0.0894. The first-order valence-corrected chi connectivity index (χ1v) is 8.99. The zero-order chi connectivity index (χ0) is 16.4. The van der Waals surface area contributed by atoms with Crippen molar-refractivity contribution in [3.05, 3.63) is 53.7 Å². The van der Waals surface area contributed by atoms with Crippen LogP contribution >= 0.6 is 11.3 Å². The summed E-state index contributed by atoms with van der Waals surface area (Å²) < 4.78 is 0. The van der Waals surface area contributed by atoms with Gasteiger partial charge in [0.2, 0.25) is 0 Å². The molecule has 6 heteroatoms. The van der Waals surface area contributed by atoms with E-state index < -0.39 is 0 Å². The summed E-state index contributed by atoms with van der Waals surface area (Å²) in [6.07, 6.45) is 3.69. The summed E-state index contributed by atoms with van der Waals surface area (Å²) in [6.45, 7) is 1.84. The quantitative estimate of drug-likeness (QED) is 0.797. The van der Waals surface area contributed by atoms with E-state index in [0.717, 1.165) is 42.0 Å². The van der Waals surface area contributed by atoms with E-state index in [0.29, 0.717) is 5.69 Å². The predicted molar refractivity (Wildman–Crippen MR) is 96.6 cm³/mol. The van der Waals surface area contributed by atoms with Gasteiger partial charge in [0.05, 0.1) is 5.52 Å². The molecule has 0 bridgehead atoms. The van der Waals surface area contributed by atoms with Crippen molar-refractivity contribution in [3.63, 3.8) is 0 Å². The summed E-state index contributed by atoms with van der Waals surface area (Å²) in [7, 11) is 0. The number of piperidine rings is 1. The standard InChI is InChI=1S/C18H18N4OS/c23-17(16-6-5-13-3-1-2-4-15(13)21-16)20-14-7-10-22(11-8-14)18-19-9-12-24-18/h1-6,9,12,14H,7-8,10-11H2,(H,20,23). The van der Waals surface area contributed by atoms with Crippen molar-refractivity contribution in [1.29, 1.82) is 0 Å². The van der Waals surface area contributed by atoms with E-state index in [9.17, 15) is 4.79 Å². The Kier molecular flexibility index (Phi) is 4.13. The number of nitrogens with one attached hydrogen (secondary N) is 1. The van der Waals surface area contributed by atoms with Crippen molar-refractivity contribution >= 4 is 33.3 Å². The van der Waals surface area contributed by atoms with Gasteiger partial charge in [0.25, 0.3) is 5.91 Å². The molecule has 24 heavy (non-hydrogen) atoms. The minimum Gasteiger partial charge on any atom is -0.348 e. The number of rotatable bonds is 3. The summed E-state index contributed by atoms with van der Waals surface area (Å²) in [4.78, 5) is 23.6. The Morgan fingerprint density at radius 2 is 2.00 bits per heavy atom. The van der Waals surface area contributed by atoms with Gasteiger partial charge in [-0.15, -0.1) is 11.3 Å². The fourth-order valence-electron chi connectivity index (χ4n) is 3.04. The number of para-hydroxylation sites is 1. The van der Waals surface area contributed by atoms with Gasteiger partial charge in [-0.2, -0.15) is 0 Å². The summed E-state index contributed by atoms with van der Waals surface area (Å²) in [6, 6.07) is 11.8. The summed E-state index contributed by atoms with van der Waals surface area (Å²) >= 11 is 1.66. The Morgan fingerprint density at radius 1 is 1.17 bits per heavy atom. The number of aromatic nitrogens is 2. The van der Waals surface area contributed by atoms with Crippen molar-refractivity contribution in [2.75, 3.05) is 18.0 Å². The van der Waals surface area contributed by atoms with E-state index in [4.69, 9.17) is 0 Å². The Balaban J connectivity index is 1.39. The van der Waals surface area contributed by atoms with Gasteiger partial charge in [0.1, 0.15) is 5.69 Å². The number of hydrogen-bond donors (Lipinski definition) is 1. The molecule has 0 aliphatic carbocycles. The number of carbonyl (C=O) groups excluding carboxylic acids is 1. The molecule has 0 atom stereocenters. The Bertz CT molecular complexity index is 841. The fourth-order valence-corrected chi connectivity index (χ4v) is 3.74. The molecular weight excluding hydrogens is 320 g/mol. The lowest BCUT2D eigenvalue weighted by Gasteiger charge is -2.32. The summed E-state index contributed by atoms with van der Waals surface area (Å²) in [5, 5.41) is 7.23. The Morgan fingerprint density at radius 3 is 2.79 bits per heavy atom. The topological polar surface area (TPSA) is 58.1 Å². The van der Waals surface area contributed by atoms with E-state index in [1.807, 2.05) is 41.9 Å². The van der Waals surface area contributed by atoms with Crippen LogP contribution in [0, 0.1) is 0 Å². The molecular formula is C18H18N4OS. The molecule has 1 aliphatic rings. The molecule has 1 fully saturated rings. The van der Waals surface area contributed by atoms with Crippen LogP contribution in [0.5, 0.6) is 0 Å². The number of carbonyl (C=O) groups is 1. The lowest BCUT2D eigenvalue weighted by Crippen LogP contribution is -2.44. The van der Waals surface area contributed by atoms with Gasteiger partial charge in [-0.05, 0) is 25.0 Å². The maximum Gasteiger partial charge on any atom is 0.270 e. The van der Waals surface area contributed by atoms with Crippen molar-refractivity contribution in [2.45, 2.75) is 18.9 Å². The number of thiazole rings is 1. The number of hydrogen-bond acceptors (Lipinski definition) is 5. The molecule has 1 aliphatic heterocycles. The highest BCUT2D eigenvalue weighted by atomic mass is 32.1. The monoisotopic (exact) mass is 338 g/mol. The van der Waals surface area contributed by atoms with Crippen LogP contribution in [0.3, 0.4) is 0 Å². The third kappa shape index (κ3) is 3.10.